The van der Waals surface area contributed by atoms with Gasteiger partial charge in [0.05, 0.1) is 52.9 Å². The van der Waals surface area contributed by atoms with Crippen molar-refractivity contribution in [1.29, 1.82) is 0 Å². The van der Waals surface area contributed by atoms with Crippen LogP contribution in [0.15, 0.2) is 146 Å². The lowest BCUT2D eigenvalue weighted by atomic mass is 9.91. The van der Waals surface area contributed by atoms with Gasteiger partial charge in [-0.1, -0.05) is 146 Å². The van der Waals surface area contributed by atoms with Gasteiger partial charge in [-0.2, -0.15) is 0 Å². The average molecular weight is 1310 g/mol. The lowest BCUT2D eigenvalue weighted by Gasteiger charge is -2.23. The van der Waals surface area contributed by atoms with E-state index in [1.165, 1.54) is 0 Å². The summed E-state index contributed by atoms with van der Waals surface area (Å²) in [6.45, 7) is 7.52. The van der Waals surface area contributed by atoms with Crippen molar-refractivity contribution in [2.75, 3.05) is 105 Å². The standard InChI is InChI=1S/C80H104N8O8/c81-33-9-41-89-73-57-17-1-18-58(73)50-60-20-3-22-62(75(60)91-43-11-35-83)52-64-24-5-26-66(77(64)93-45-13-37-85)54-68-28-7-30-70(79(68)95-47-15-39-87)56-72-32-8-31-71(80(72)96-48-16-40-88)55-69-29-6-27-67(78(69)94-46-14-38-86)53-65-25-4-23-63(76(65)92-44-12-36-84)51-61-21-2-19-59(49-57)74(61)90-42-10-34-82/h1-8,17-32H,9-16,33-56,81-88H2. The van der Waals surface area contributed by atoms with E-state index in [1.54, 1.807) is 0 Å². The fraction of sp³-hybridized carbons (Fsp3) is 0.400. The molecule has 512 valence electrons. The van der Waals surface area contributed by atoms with Crippen LogP contribution < -0.4 is 83.8 Å². The normalized spacial score (nSPS) is 12.4. The maximum Gasteiger partial charge on any atom is 0.126 e. The topological polar surface area (TPSA) is 282 Å². The van der Waals surface area contributed by atoms with Crippen LogP contribution in [0.25, 0.3) is 0 Å². The van der Waals surface area contributed by atoms with Gasteiger partial charge < -0.3 is 83.8 Å². The van der Waals surface area contributed by atoms with E-state index in [-0.39, 0.29) is 0 Å². The van der Waals surface area contributed by atoms with Crippen LogP contribution in [0.4, 0.5) is 0 Å². The minimum absolute atomic E-state index is 0.448. The van der Waals surface area contributed by atoms with Crippen molar-refractivity contribution in [1.82, 2.24) is 0 Å². The smallest absolute Gasteiger partial charge is 0.126 e. The summed E-state index contributed by atoms with van der Waals surface area (Å²) in [5, 5.41) is 0. The monoisotopic (exact) mass is 1300 g/mol. The zero-order chi connectivity index (χ0) is 67.1. The summed E-state index contributed by atoms with van der Waals surface area (Å²) in [5.41, 5.74) is 65.6. The van der Waals surface area contributed by atoms with Crippen LogP contribution in [0.3, 0.4) is 0 Å². The Bertz CT molecular complexity index is 2820. The first kappa shape index (κ1) is 72.1. The minimum Gasteiger partial charge on any atom is -0.493 e. The van der Waals surface area contributed by atoms with Crippen molar-refractivity contribution in [2.45, 2.75) is 103 Å². The predicted octanol–water partition coefficient (Wildman–Crippen LogP) is 10.5. The van der Waals surface area contributed by atoms with Gasteiger partial charge in [0.15, 0.2) is 0 Å². The second-order valence-corrected chi connectivity index (χ2v) is 24.6. The Hall–Kier alpha value is -8.16. The van der Waals surface area contributed by atoms with E-state index in [1.807, 2.05) is 0 Å². The van der Waals surface area contributed by atoms with Gasteiger partial charge in [0, 0.05) is 51.4 Å². The number of hydrogen-bond acceptors (Lipinski definition) is 16. The maximum atomic E-state index is 6.89. The van der Waals surface area contributed by atoms with Crippen molar-refractivity contribution in [2.24, 2.45) is 45.9 Å². The van der Waals surface area contributed by atoms with Crippen LogP contribution in [0.1, 0.15) is 140 Å². The van der Waals surface area contributed by atoms with Crippen molar-refractivity contribution >= 4 is 0 Å². The van der Waals surface area contributed by atoms with Gasteiger partial charge in [0.1, 0.15) is 46.0 Å². The number of benzene rings is 8. The fourth-order valence-electron chi connectivity index (χ4n) is 12.5. The quantitative estimate of drug-likeness (QED) is 0.0182. The first-order chi connectivity index (χ1) is 47.3. The molecule has 16 bridgehead atoms. The second kappa shape index (κ2) is 39.2. The molecule has 1 aliphatic carbocycles. The highest BCUT2D eigenvalue weighted by Crippen LogP contribution is 2.42. The van der Waals surface area contributed by atoms with Gasteiger partial charge in [0.2, 0.25) is 0 Å². The molecule has 0 radical (unpaired) electrons. The van der Waals surface area contributed by atoms with Gasteiger partial charge in [-0.3, -0.25) is 0 Å². The SMILES string of the molecule is NCCCOc1c2cccc1Cc1cccc(c1OCCCN)Cc1cccc(c1OCCCN)Cc1cccc(c1OCCCN)Cc1cccc(c1OCCCN)Cc1cccc(c1OCCCN)Cc1cccc(c1OCCCN)Cc1cccc(c1OCCCN)C2. The summed E-state index contributed by atoms with van der Waals surface area (Å²) in [4.78, 5) is 0. The second-order valence-electron chi connectivity index (χ2n) is 24.6. The Labute approximate surface area is 569 Å². The molecule has 96 heavy (non-hydrogen) atoms. The van der Waals surface area contributed by atoms with Crippen molar-refractivity contribution in [3.8, 4) is 46.0 Å². The Morgan fingerprint density at radius 1 is 0.167 bits per heavy atom. The summed E-state index contributed by atoms with van der Waals surface area (Å²) < 4.78 is 55.1. The highest BCUT2D eigenvalue weighted by molar-refractivity contribution is 5.59. The molecule has 16 heteroatoms. The minimum atomic E-state index is 0.448. The van der Waals surface area contributed by atoms with E-state index in [2.05, 4.69) is 146 Å². The Kier molecular flexibility index (Phi) is 29.4. The van der Waals surface area contributed by atoms with Crippen molar-refractivity contribution in [3.05, 3.63) is 235 Å². The molecule has 0 unspecified atom stereocenters. The average Bonchev–Trinajstić information content (AvgIpc) is 0.814. The van der Waals surface area contributed by atoms with Gasteiger partial charge in [-0.25, -0.2) is 0 Å². The highest BCUT2D eigenvalue weighted by Gasteiger charge is 2.25. The molecule has 0 spiro atoms. The number of nitrogens with two attached hydrogens (primary N) is 8. The molecule has 0 saturated carbocycles. The maximum absolute atomic E-state index is 6.89. The molecule has 0 amide bonds. The zero-order valence-corrected chi connectivity index (χ0v) is 56.4. The van der Waals surface area contributed by atoms with Crippen LogP contribution in [0, 0.1) is 0 Å². The third kappa shape index (κ3) is 20.0. The summed E-state index contributed by atoms with van der Waals surface area (Å²) in [5.74, 6) is 6.52. The highest BCUT2D eigenvalue weighted by atomic mass is 16.5. The summed E-state index contributed by atoms with van der Waals surface area (Å²) in [6, 6.07) is 51.5. The Balaban J connectivity index is 1.26. The lowest BCUT2D eigenvalue weighted by Crippen LogP contribution is -2.12. The summed E-state index contributed by atoms with van der Waals surface area (Å²) >= 11 is 0. The molecule has 9 rings (SSSR count). The molecule has 16 N–H and O–H groups in total. The first-order valence-corrected chi connectivity index (χ1v) is 34.8. The molecular weight excluding hydrogens is 1200 g/mol. The van der Waals surface area contributed by atoms with E-state index in [9.17, 15) is 0 Å². The number of para-hydroxylation sites is 8. The van der Waals surface area contributed by atoms with Crippen LogP contribution in [0.5, 0.6) is 46.0 Å². The van der Waals surface area contributed by atoms with Crippen LogP contribution in [-0.2, 0) is 51.4 Å². The van der Waals surface area contributed by atoms with E-state index in [4.69, 9.17) is 83.8 Å². The molecular formula is C80H104N8O8. The van der Waals surface area contributed by atoms with Crippen molar-refractivity contribution in [3.63, 3.8) is 0 Å². The van der Waals surface area contributed by atoms with Crippen LogP contribution in [-0.4, -0.2) is 105 Å². The van der Waals surface area contributed by atoms with Gasteiger partial charge in [-0.15, -0.1) is 0 Å². The van der Waals surface area contributed by atoms with E-state index >= 15 is 0 Å². The first-order valence-electron chi connectivity index (χ1n) is 34.8. The molecule has 0 saturated heterocycles. The summed E-state index contributed by atoms with van der Waals surface area (Å²) in [7, 11) is 0. The van der Waals surface area contributed by atoms with E-state index < -0.39 is 0 Å². The van der Waals surface area contributed by atoms with Crippen LogP contribution >= 0.6 is 0 Å². The zero-order valence-electron chi connectivity index (χ0n) is 56.4. The number of hydrogen-bond donors (Lipinski definition) is 8. The van der Waals surface area contributed by atoms with Gasteiger partial charge in [0.25, 0.3) is 0 Å². The molecule has 1 aliphatic rings. The van der Waals surface area contributed by atoms with E-state index in [0.29, 0.717) is 208 Å². The number of fused-ring (bicyclic) bond motifs is 16. The Morgan fingerprint density at radius 2 is 0.260 bits per heavy atom. The predicted molar refractivity (Wildman–Crippen MR) is 387 cm³/mol. The molecule has 0 aromatic heterocycles. The molecule has 0 heterocycles. The lowest BCUT2D eigenvalue weighted by molar-refractivity contribution is 0.301. The van der Waals surface area contributed by atoms with E-state index in [0.717, 1.165) is 135 Å². The molecule has 16 nitrogen and oxygen atoms in total. The molecule has 8 aromatic carbocycles. The fourth-order valence-corrected chi connectivity index (χ4v) is 12.5. The third-order valence-electron chi connectivity index (χ3n) is 17.2. The molecule has 0 fully saturated rings. The van der Waals surface area contributed by atoms with Crippen LogP contribution in [0.2, 0.25) is 0 Å². The molecule has 0 atom stereocenters. The largest absolute Gasteiger partial charge is 0.493 e. The van der Waals surface area contributed by atoms with Crippen molar-refractivity contribution < 1.29 is 37.9 Å². The number of rotatable bonds is 32. The summed E-state index contributed by atoms with van der Waals surface area (Å²) in [6.07, 6.45) is 9.72. The van der Waals surface area contributed by atoms with Gasteiger partial charge in [-0.05, 0) is 193 Å². The molecule has 8 aromatic rings. The van der Waals surface area contributed by atoms with Gasteiger partial charge >= 0.3 is 0 Å². The number of ether oxygens (including phenoxy) is 8. The third-order valence-corrected chi connectivity index (χ3v) is 17.2. The Morgan fingerprint density at radius 3 is 0.344 bits per heavy atom. The molecule has 0 aliphatic heterocycles.